The van der Waals surface area contributed by atoms with Crippen LogP contribution in [0, 0.1) is 6.92 Å². The number of nitrogens with two attached hydrogens (primary N) is 1. The van der Waals surface area contributed by atoms with Crippen molar-refractivity contribution in [1.29, 1.82) is 0 Å². The summed E-state index contributed by atoms with van der Waals surface area (Å²) < 4.78 is 7.87. The van der Waals surface area contributed by atoms with Gasteiger partial charge in [-0.2, -0.15) is 0 Å². The lowest BCUT2D eigenvalue weighted by atomic mass is 10.1. The Hall–Kier alpha value is -2.14. The van der Waals surface area contributed by atoms with E-state index in [9.17, 15) is 0 Å². The molecule has 0 amide bonds. The van der Waals surface area contributed by atoms with Crippen molar-refractivity contribution >= 4 is 11.1 Å². The number of aromatic nitrogens is 3. The lowest BCUT2D eigenvalue weighted by Crippen LogP contribution is -2.06. The van der Waals surface area contributed by atoms with Crippen molar-refractivity contribution in [3.8, 4) is 11.3 Å². The second kappa shape index (κ2) is 4.18. The summed E-state index contributed by atoms with van der Waals surface area (Å²) in [5, 5.41) is 0. The zero-order valence-electron chi connectivity index (χ0n) is 11.4. The molecule has 3 heterocycles. The highest BCUT2D eigenvalue weighted by Crippen LogP contribution is 2.31. The number of hydrogen-bond acceptors (Lipinski definition) is 4. The maximum atomic E-state index is 5.80. The number of fused-ring (bicyclic) bond motifs is 2. The Morgan fingerprint density at radius 2 is 2.25 bits per heavy atom. The van der Waals surface area contributed by atoms with Gasteiger partial charge in [0, 0.05) is 24.7 Å². The van der Waals surface area contributed by atoms with Gasteiger partial charge in [0.25, 0.3) is 0 Å². The van der Waals surface area contributed by atoms with Crippen LogP contribution in [0.5, 0.6) is 0 Å². The maximum Gasteiger partial charge on any atom is 0.192 e. The van der Waals surface area contributed by atoms with Crippen LogP contribution in [-0.2, 0) is 19.5 Å². The number of rotatable bonds is 2. The van der Waals surface area contributed by atoms with Gasteiger partial charge in [-0.3, -0.25) is 0 Å². The van der Waals surface area contributed by atoms with E-state index in [1.807, 2.05) is 19.1 Å². The number of oxazole rings is 1. The first-order valence-corrected chi connectivity index (χ1v) is 6.92. The Kier molecular flexibility index (Phi) is 2.44. The summed E-state index contributed by atoms with van der Waals surface area (Å²) in [6, 6.07) is 6.08. The van der Waals surface area contributed by atoms with E-state index in [4.69, 9.17) is 15.1 Å². The second-order valence-corrected chi connectivity index (χ2v) is 5.20. The summed E-state index contributed by atoms with van der Waals surface area (Å²) in [7, 11) is 0. The maximum absolute atomic E-state index is 5.80. The molecule has 1 aromatic carbocycles. The molecule has 2 N–H and O–H groups in total. The Balaban J connectivity index is 1.90. The summed E-state index contributed by atoms with van der Waals surface area (Å²) in [6.45, 7) is 3.37. The topological polar surface area (TPSA) is 69.9 Å². The van der Waals surface area contributed by atoms with Crippen LogP contribution < -0.4 is 5.73 Å². The third-order valence-electron chi connectivity index (χ3n) is 3.90. The van der Waals surface area contributed by atoms with Gasteiger partial charge in [-0.15, -0.1) is 0 Å². The molecular formula is C15H16N4O. The third kappa shape index (κ3) is 1.59. The molecule has 1 aliphatic heterocycles. The number of nitrogens with zero attached hydrogens (tertiary/aromatic N) is 3. The average molecular weight is 268 g/mol. The zero-order valence-corrected chi connectivity index (χ0v) is 11.4. The summed E-state index contributed by atoms with van der Waals surface area (Å²) in [4.78, 5) is 9.04. The molecule has 0 fully saturated rings. The molecule has 0 saturated heterocycles. The minimum absolute atomic E-state index is 0.483. The zero-order chi connectivity index (χ0) is 13.7. The molecule has 0 atom stereocenters. The molecule has 1 aliphatic rings. The minimum atomic E-state index is 0.483. The van der Waals surface area contributed by atoms with Crippen LogP contribution in [-0.4, -0.2) is 14.5 Å². The summed E-state index contributed by atoms with van der Waals surface area (Å²) in [5.74, 6) is 1.66. The van der Waals surface area contributed by atoms with Crippen LogP contribution in [0.25, 0.3) is 22.4 Å². The molecule has 0 bridgehead atoms. The number of benzene rings is 1. The van der Waals surface area contributed by atoms with Crippen LogP contribution >= 0.6 is 0 Å². The van der Waals surface area contributed by atoms with Crippen molar-refractivity contribution in [2.24, 2.45) is 5.73 Å². The lowest BCUT2D eigenvalue weighted by Gasteiger charge is -2.00. The normalized spacial score (nSPS) is 14.1. The number of aryl methyl sites for hydroxylation is 1. The van der Waals surface area contributed by atoms with E-state index >= 15 is 0 Å². The van der Waals surface area contributed by atoms with Crippen LogP contribution in [0.1, 0.15) is 23.8 Å². The third-order valence-corrected chi connectivity index (χ3v) is 3.90. The quantitative estimate of drug-likeness (QED) is 0.774. The molecule has 2 aromatic heterocycles. The van der Waals surface area contributed by atoms with E-state index in [2.05, 4.69) is 15.6 Å². The predicted molar refractivity (Wildman–Crippen MR) is 76.2 cm³/mol. The summed E-state index contributed by atoms with van der Waals surface area (Å²) >= 11 is 0. The molecule has 0 radical (unpaired) electrons. The molecule has 0 spiro atoms. The molecule has 5 nitrogen and oxygen atoms in total. The first-order chi connectivity index (χ1) is 9.76. The molecule has 20 heavy (non-hydrogen) atoms. The van der Waals surface area contributed by atoms with E-state index in [1.165, 1.54) is 12.1 Å². The first-order valence-electron chi connectivity index (χ1n) is 6.92. The fourth-order valence-electron chi connectivity index (χ4n) is 3.03. The molecule has 102 valence electrons. The van der Waals surface area contributed by atoms with Crippen molar-refractivity contribution < 1.29 is 4.42 Å². The van der Waals surface area contributed by atoms with Gasteiger partial charge in [-0.05, 0) is 25.0 Å². The van der Waals surface area contributed by atoms with Crippen LogP contribution in [0.4, 0.5) is 0 Å². The molecular weight excluding hydrogens is 252 g/mol. The SMILES string of the molecule is Cc1nc2ccc(-c3nc(CN)n4c3CCC4)cc2o1. The standard InChI is InChI=1S/C15H16N4O/c1-9-17-11-5-4-10(7-13(11)20-9)15-12-3-2-6-19(12)14(8-16)18-15/h4-5,7H,2-3,6,8,16H2,1H3. The fourth-order valence-corrected chi connectivity index (χ4v) is 3.03. The van der Waals surface area contributed by atoms with Gasteiger partial charge in [-0.1, -0.05) is 6.07 Å². The molecule has 5 heteroatoms. The fraction of sp³-hybridized carbons (Fsp3) is 0.333. The van der Waals surface area contributed by atoms with Crippen molar-refractivity contribution in [3.63, 3.8) is 0 Å². The van der Waals surface area contributed by atoms with Gasteiger partial charge in [0.15, 0.2) is 11.5 Å². The largest absolute Gasteiger partial charge is 0.441 e. The highest BCUT2D eigenvalue weighted by Gasteiger charge is 2.22. The lowest BCUT2D eigenvalue weighted by molar-refractivity contribution is 0.561. The van der Waals surface area contributed by atoms with Crippen molar-refractivity contribution in [3.05, 3.63) is 35.6 Å². The van der Waals surface area contributed by atoms with E-state index < -0.39 is 0 Å². The highest BCUT2D eigenvalue weighted by molar-refractivity contribution is 5.80. The van der Waals surface area contributed by atoms with Crippen LogP contribution in [0.3, 0.4) is 0 Å². The summed E-state index contributed by atoms with van der Waals surface area (Å²) in [5.41, 5.74) is 10.9. The van der Waals surface area contributed by atoms with Crippen molar-refractivity contribution in [2.75, 3.05) is 0 Å². The van der Waals surface area contributed by atoms with E-state index in [-0.39, 0.29) is 0 Å². The Labute approximate surface area is 116 Å². The van der Waals surface area contributed by atoms with Crippen molar-refractivity contribution in [1.82, 2.24) is 14.5 Å². The molecule has 0 aliphatic carbocycles. The molecule has 0 unspecified atom stereocenters. The molecule has 3 aromatic rings. The van der Waals surface area contributed by atoms with Gasteiger partial charge in [0.2, 0.25) is 0 Å². The van der Waals surface area contributed by atoms with Gasteiger partial charge in [0.05, 0.1) is 12.2 Å². The summed E-state index contributed by atoms with van der Waals surface area (Å²) in [6.07, 6.45) is 2.23. The Bertz CT molecular complexity index is 800. The van der Waals surface area contributed by atoms with Crippen LogP contribution in [0.15, 0.2) is 22.6 Å². The van der Waals surface area contributed by atoms with Gasteiger partial charge in [0.1, 0.15) is 11.3 Å². The van der Waals surface area contributed by atoms with E-state index in [0.29, 0.717) is 12.4 Å². The number of imidazole rings is 1. The van der Waals surface area contributed by atoms with Gasteiger partial charge < -0.3 is 14.7 Å². The first kappa shape index (κ1) is 11.7. The van der Waals surface area contributed by atoms with Gasteiger partial charge in [-0.25, -0.2) is 9.97 Å². The smallest absolute Gasteiger partial charge is 0.192 e. The minimum Gasteiger partial charge on any atom is -0.441 e. The van der Waals surface area contributed by atoms with Gasteiger partial charge >= 0.3 is 0 Å². The van der Waals surface area contributed by atoms with E-state index in [0.717, 1.165) is 41.1 Å². The average Bonchev–Trinajstić information content (AvgIpc) is 3.09. The predicted octanol–water partition coefficient (Wildman–Crippen LogP) is 2.40. The Morgan fingerprint density at radius 1 is 1.35 bits per heavy atom. The van der Waals surface area contributed by atoms with Crippen LogP contribution in [0.2, 0.25) is 0 Å². The number of hydrogen-bond donors (Lipinski definition) is 1. The Morgan fingerprint density at radius 3 is 3.10 bits per heavy atom. The highest BCUT2D eigenvalue weighted by atomic mass is 16.3. The van der Waals surface area contributed by atoms with E-state index in [1.54, 1.807) is 0 Å². The second-order valence-electron chi connectivity index (χ2n) is 5.20. The monoisotopic (exact) mass is 268 g/mol. The van der Waals surface area contributed by atoms with Crippen molar-refractivity contribution in [2.45, 2.75) is 32.9 Å². The molecule has 0 saturated carbocycles. The molecule has 4 rings (SSSR count).